The molecule has 1 N–H and O–H groups in total. The van der Waals surface area contributed by atoms with Crippen LogP contribution in [-0.4, -0.2) is 37.1 Å². The molecule has 18 heteroatoms. The van der Waals surface area contributed by atoms with Crippen molar-refractivity contribution in [2.45, 2.75) is 30.1 Å². The van der Waals surface area contributed by atoms with Gasteiger partial charge in [0.05, 0.1) is 22.5 Å². The molecule has 3 aromatic rings. The van der Waals surface area contributed by atoms with Gasteiger partial charge in [-0.15, -0.1) is 0 Å². The Balaban J connectivity index is 2.13. The van der Waals surface area contributed by atoms with Crippen LogP contribution in [0.25, 0.3) is 0 Å². The van der Waals surface area contributed by atoms with E-state index in [0.29, 0.717) is 0 Å². The van der Waals surface area contributed by atoms with E-state index in [1.54, 1.807) is 6.07 Å². The largest absolute Gasteiger partial charge is 0.457 e. The quantitative estimate of drug-likeness (QED) is 0.260. The zero-order valence-electron chi connectivity index (χ0n) is 21.3. The van der Waals surface area contributed by atoms with Crippen LogP contribution in [-0.2, 0) is 11.8 Å². The van der Waals surface area contributed by atoms with E-state index < -0.39 is 92.4 Å². The molecule has 2 amide bonds. The highest BCUT2D eigenvalue weighted by Crippen LogP contribution is 2.59. The normalized spacial score (nSPS) is 14.2. The second kappa shape index (κ2) is 11.6. The van der Waals surface area contributed by atoms with E-state index in [1.807, 2.05) is 0 Å². The molecule has 3 aromatic carbocycles. The molecule has 0 fully saturated rings. The number of halogens is 14. The number of hydrogen-bond donors (Lipinski definition) is 1. The van der Waals surface area contributed by atoms with Gasteiger partial charge in [0, 0.05) is 22.6 Å². The Morgan fingerprint density at radius 2 is 1.34 bits per heavy atom. The predicted molar refractivity (Wildman–Crippen MR) is 133 cm³/mol. The SMILES string of the molecule is CN(C(=O)c1ccccc1)c1cccc(C(=O)Nc2c(Br)cc(C(F)(C(F)(F)F)C(F)(F)C(F)(F)F)cc2C(F)(F)F)c1F. The first-order chi connectivity index (χ1) is 20.0. The zero-order chi connectivity index (χ0) is 33.6. The molecule has 1 atom stereocenters. The fourth-order valence-corrected chi connectivity index (χ4v) is 4.45. The highest BCUT2D eigenvalue weighted by Gasteiger charge is 2.82. The topological polar surface area (TPSA) is 49.4 Å². The van der Waals surface area contributed by atoms with Crippen molar-refractivity contribution >= 4 is 39.1 Å². The standard InChI is InChI=1S/C26H14BrF13N2O2/c1-42(21(44)12-6-3-2-4-7-12)17-9-5-8-14(18(17)28)20(43)41-19-15(23(30,31)32)10-13(11-16(19)27)22(29,25(35,36)37)24(33,34)26(38,39)40/h2-11H,1H3,(H,41,43). The molecular formula is C26H14BrF13N2O2. The van der Waals surface area contributed by atoms with Gasteiger partial charge < -0.3 is 10.2 Å². The van der Waals surface area contributed by atoms with Crippen LogP contribution in [0.2, 0.25) is 0 Å². The predicted octanol–water partition coefficient (Wildman–Crippen LogP) is 9.06. The first kappa shape index (κ1) is 34.7. The minimum Gasteiger partial charge on any atom is -0.320 e. The number of anilines is 2. The maximum atomic E-state index is 15.3. The third kappa shape index (κ3) is 6.08. The van der Waals surface area contributed by atoms with Crippen LogP contribution >= 0.6 is 15.9 Å². The van der Waals surface area contributed by atoms with Gasteiger partial charge in [-0.25, -0.2) is 8.78 Å². The first-order valence-electron chi connectivity index (χ1n) is 11.5. The first-order valence-corrected chi connectivity index (χ1v) is 12.3. The molecule has 238 valence electrons. The second-order valence-electron chi connectivity index (χ2n) is 8.93. The van der Waals surface area contributed by atoms with E-state index in [-0.39, 0.29) is 5.56 Å². The van der Waals surface area contributed by atoms with Gasteiger partial charge in [-0.2, -0.15) is 48.3 Å². The van der Waals surface area contributed by atoms with E-state index in [2.05, 4.69) is 15.9 Å². The summed E-state index contributed by atoms with van der Waals surface area (Å²) in [5, 5.41) is 1.49. The average molecular weight is 713 g/mol. The third-order valence-electron chi connectivity index (χ3n) is 6.12. The molecule has 4 nitrogen and oxygen atoms in total. The van der Waals surface area contributed by atoms with Crippen molar-refractivity contribution < 1.29 is 66.7 Å². The summed E-state index contributed by atoms with van der Waals surface area (Å²) in [6, 6.07) is 8.56. The lowest BCUT2D eigenvalue weighted by Crippen LogP contribution is -2.59. The summed E-state index contributed by atoms with van der Waals surface area (Å²) in [5.41, 5.74) is -15.1. The summed E-state index contributed by atoms with van der Waals surface area (Å²) < 4.78 is 177. The minimum absolute atomic E-state index is 0.0713. The molecule has 44 heavy (non-hydrogen) atoms. The van der Waals surface area contributed by atoms with Crippen LogP contribution < -0.4 is 10.2 Å². The van der Waals surface area contributed by atoms with Crippen molar-refractivity contribution in [2.75, 3.05) is 17.3 Å². The van der Waals surface area contributed by atoms with Gasteiger partial charge in [-0.05, 0) is 52.3 Å². The summed E-state index contributed by atoms with van der Waals surface area (Å²) in [5.74, 6) is -11.3. The van der Waals surface area contributed by atoms with E-state index in [1.165, 1.54) is 29.6 Å². The number of amides is 2. The molecule has 0 saturated heterocycles. The molecule has 0 aliphatic heterocycles. The molecule has 0 spiro atoms. The van der Waals surface area contributed by atoms with E-state index in [9.17, 15) is 62.3 Å². The van der Waals surface area contributed by atoms with Gasteiger partial charge in [0.25, 0.3) is 11.8 Å². The van der Waals surface area contributed by atoms with Crippen LogP contribution in [0.15, 0.2) is 65.1 Å². The van der Waals surface area contributed by atoms with Crippen LogP contribution in [0, 0.1) is 5.82 Å². The van der Waals surface area contributed by atoms with Crippen LogP contribution in [0.1, 0.15) is 31.8 Å². The number of nitrogens with zero attached hydrogens (tertiary/aromatic N) is 1. The lowest BCUT2D eigenvalue weighted by Gasteiger charge is -2.36. The Morgan fingerprint density at radius 3 is 1.84 bits per heavy atom. The molecule has 1 unspecified atom stereocenters. The molecule has 0 aromatic heterocycles. The summed E-state index contributed by atoms with van der Waals surface area (Å²) >= 11 is 2.25. The number of hydrogen-bond acceptors (Lipinski definition) is 2. The Labute approximate surface area is 246 Å². The number of nitrogens with one attached hydrogen (secondary N) is 1. The van der Waals surface area contributed by atoms with Gasteiger partial charge in [0.2, 0.25) is 0 Å². The Kier molecular flexibility index (Phi) is 9.13. The fraction of sp³-hybridized carbons (Fsp3) is 0.231. The molecule has 0 radical (unpaired) electrons. The fourth-order valence-electron chi connectivity index (χ4n) is 3.89. The molecular weight excluding hydrogens is 699 g/mol. The Morgan fingerprint density at radius 1 is 0.773 bits per heavy atom. The van der Waals surface area contributed by atoms with E-state index in [0.717, 1.165) is 30.1 Å². The number of carbonyl (C=O) groups is 2. The van der Waals surface area contributed by atoms with Gasteiger partial charge >= 0.3 is 30.1 Å². The molecule has 3 rings (SSSR count). The van der Waals surface area contributed by atoms with Gasteiger partial charge in [0.1, 0.15) is 0 Å². The number of benzene rings is 3. The Bertz CT molecular complexity index is 1570. The summed E-state index contributed by atoms with van der Waals surface area (Å²) in [4.78, 5) is 26.3. The van der Waals surface area contributed by atoms with Crippen molar-refractivity contribution in [2.24, 2.45) is 0 Å². The van der Waals surface area contributed by atoms with Crippen molar-refractivity contribution in [3.8, 4) is 0 Å². The lowest BCUT2D eigenvalue weighted by molar-refractivity contribution is -0.389. The van der Waals surface area contributed by atoms with Gasteiger partial charge in [0.15, 0.2) is 5.82 Å². The smallest absolute Gasteiger partial charge is 0.320 e. The Hall–Kier alpha value is -3.83. The van der Waals surface area contributed by atoms with Crippen LogP contribution in [0.4, 0.5) is 68.5 Å². The van der Waals surface area contributed by atoms with E-state index >= 15 is 4.39 Å². The number of rotatable bonds is 6. The van der Waals surface area contributed by atoms with E-state index in [4.69, 9.17) is 0 Å². The maximum absolute atomic E-state index is 15.3. The average Bonchev–Trinajstić information content (AvgIpc) is 2.91. The van der Waals surface area contributed by atoms with Crippen LogP contribution in [0.3, 0.4) is 0 Å². The van der Waals surface area contributed by atoms with Crippen molar-refractivity contribution in [3.05, 3.63) is 93.2 Å². The van der Waals surface area contributed by atoms with Gasteiger partial charge in [-0.1, -0.05) is 24.3 Å². The zero-order valence-corrected chi connectivity index (χ0v) is 22.9. The van der Waals surface area contributed by atoms with Crippen molar-refractivity contribution in [1.29, 1.82) is 0 Å². The number of carbonyl (C=O) groups excluding carboxylic acids is 2. The monoisotopic (exact) mass is 712 g/mol. The maximum Gasteiger partial charge on any atom is 0.457 e. The molecule has 0 heterocycles. The van der Waals surface area contributed by atoms with Crippen LogP contribution in [0.5, 0.6) is 0 Å². The minimum atomic E-state index is -7.28. The summed E-state index contributed by atoms with van der Waals surface area (Å²) in [6.07, 6.45) is -20.2. The highest BCUT2D eigenvalue weighted by molar-refractivity contribution is 9.10. The molecule has 0 saturated carbocycles. The summed E-state index contributed by atoms with van der Waals surface area (Å²) in [6.45, 7) is 0. The molecule has 0 bridgehead atoms. The third-order valence-corrected chi connectivity index (χ3v) is 6.75. The molecule has 0 aliphatic rings. The van der Waals surface area contributed by atoms with Crippen molar-refractivity contribution in [1.82, 2.24) is 0 Å². The summed E-state index contributed by atoms with van der Waals surface area (Å²) in [7, 11) is 1.09. The van der Waals surface area contributed by atoms with Gasteiger partial charge in [-0.3, -0.25) is 9.59 Å². The lowest BCUT2D eigenvalue weighted by atomic mass is 9.86. The van der Waals surface area contributed by atoms with Crippen molar-refractivity contribution in [3.63, 3.8) is 0 Å². The molecule has 0 aliphatic carbocycles. The highest BCUT2D eigenvalue weighted by atomic mass is 79.9. The number of alkyl halides is 12. The second-order valence-corrected chi connectivity index (χ2v) is 9.78.